The molecular weight excluding hydrogens is 278 g/mol. The second kappa shape index (κ2) is 6.34. The Labute approximate surface area is 130 Å². The SMILES string of the molecule is O=C(O)[C@@H]1CC=CC[C@H]1C(=O)Nc1cccc2c1CCCC2. The highest BCUT2D eigenvalue weighted by Gasteiger charge is 2.34. The number of hydrogen-bond donors (Lipinski definition) is 2. The van der Waals surface area contributed by atoms with Crippen LogP contribution in [-0.4, -0.2) is 17.0 Å². The number of rotatable bonds is 3. The Morgan fingerprint density at radius 1 is 1.05 bits per heavy atom. The van der Waals surface area contributed by atoms with Crippen LogP contribution in [0.1, 0.15) is 36.8 Å². The number of carbonyl (C=O) groups excluding carboxylic acids is 1. The zero-order chi connectivity index (χ0) is 15.5. The number of carboxylic acid groups (broad SMARTS) is 1. The molecule has 0 saturated heterocycles. The molecule has 1 aromatic carbocycles. The molecule has 0 saturated carbocycles. The minimum atomic E-state index is -0.889. The third-order valence-electron chi connectivity index (χ3n) is 4.74. The fourth-order valence-corrected chi connectivity index (χ4v) is 3.50. The maximum absolute atomic E-state index is 12.6. The van der Waals surface area contributed by atoms with Crippen molar-refractivity contribution < 1.29 is 14.7 Å². The van der Waals surface area contributed by atoms with E-state index in [0.717, 1.165) is 24.9 Å². The minimum Gasteiger partial charge on any atom is -0.481 e. The summed E-state index contributed by atoms with van der Waals surface area (Å²) >= 11 is 0. The van der Waals surface area contributed by atoms with Crippen molar-refractivity contribution in [3.8, 4) is 0 Å². The minimum absolute atomic E-state index is 0.171. The highest BCUT2D eigenvalue weighted by atomic mass is 16.4. The monoisotopic (exact) mass is 299 g/mol. The number of nitrogens with one attached hydrogen (secondary N) is 1. The van der Waals surface area contributed by atoms with Gasteiger partial charge in [0.15, 0.2) is 0 Å². The van der Waals surface area contributed by atoms with Gasteiger partial charge in [-0.2, -0.15) is 0 Å². The number of carbonyl (C=O) groups is 2. The largest absolute Gasteiger partial charge is 0.481 e. The molecule has 2 aliphatic rings. The maximum atomic E-state index is 12.6. The van der Waals surface area contributed by atoms with Crippen LogP contribution in [0.4, 0.5) is 5.69 Å². The summed E-state index contributed by atoms with van der Waals surface area (Å²) in [6.07, 6.45) is 9.07. The highest BCUT2D eigenvalue weighted by Crippen LogP contribution is 2.31. The molecule has 1 amide bonds. The Kier molecular flexibility index (Phi) is 4.27. The molecule has 0 unspecified atom stereocenters. The van der Waals surface area contributed by atoms with Crippen LogP contribution in [-0.2, 0) is 22.4 Å². The predicted octanol–water partition coefficient (Wildman–Crippen LogP) is 3.17. The lowest BCUT2D eigenvalue weighted by atomic mass is 9.82. The van der Waals surface area contributed by atoms with Gasteiger partial charge in [-0.3, -0.25) is 9.59 Å². The van der Waals surface area contributed by atoms with Gasteiger partial charge in [-0.25, -0.2) is 0 Å². The van der Waals surface area contributed by atoms with Gasteiger partial charge < -0.3 is 10.4 Å². The lowest BCUT2D eigenvalue weighted by Crippen LogP contribution is -2.35. The van der Waals surface area contributed by atoms with Crippen molar-refractivity contribution in [3.63, 3.8) is 0 Å². The molecule has 2 atom stereocenters. The molecule has 2 aliphatic carbocycles. The average molecular weight is 299 g/mol. The third kappa shape index (κ3) is 2.91. The number of allylic oxidation sites excluding steroid dienone is 2. The second-order valence-corrected chi connectivity index (χ2v) is 6.13. The van der Waals surface area contributed by atoms with E-state index in [1.807, 2.05) is 24.3 Å². The highest BCUT2D eigenvalue weighted by molar-refractivity contribution is 5.96. The van der Waals surface area contributed by atoms with Crippen LogP contribution in [0, 0.1) is 11.8 Å². The summed E-state index contributed by atoms with van der Waals surface area (Å²) in [5, 5.41) is 12.3. The molecule has 1 aromatic rings. The Morgan fingerprint density at radius 2 is 1.77 bits per heavy atom. The first-order valence-corrected chi connectivity index (χ1v) is 7.96. The normalized spacial score (nSPS) is 23.6. The van der Waals surface area contributed by atoms with Crippen molar-refractivity contribution in [2.24, 2.45) is 11.8 Å². The van der Waals surface area contributed by atoms with Gasteiger partial charge in [-0.15, -0.1) is 0 Å². The van der Waals surface area contributed by atoms with E-state index in [1.54, 1.807) is 0 Å². The van der Waals surface area contributed by atoms with Gasteiger partial charge in [0.25, 0.3) is 0 Å². The standard InChI is InChI=1S/C18H21NO3/c20-17(14-9-3-4-10-15(14)18(21)22)19-16-11-5-7-12-6-1-2-8-13(12)16/h3-5,7,11,14-15H,1-2,6,8-10H2,(H,19,20)(H,21,22)/t14-,15-/m1/s1. The summed E-state index contributed by atoms with van der Waals surface area (Å²) in [7, 11) is 0. The molecule has 0 aromatic heterocycles. The van der Waals surface area contributed by atoms with E-state index >= 15 is 0 Å². The second-order valence-electron chi connectivity index (χ2n) is 6.13. The number of anilines is 1. The quantitative estimate of drug-likeness (QED) is 0.842. The third-order valence-corrected chi connectivity index (χ3v) is 4.74. The van der Waals surface area contributed by atoms with Gasteiger partial charge in [0.1, 0.15) is 0 Å². The summed E-state index contributed by atoms with van der Waals surface area (Å²) in [6.45, 7) is 0. The van der Waals surface area contributed by atoms with Crippen LogP contribution >= 0.6 is 0 Å². The summed E-state index contributed by atoms with van der Waals surface area (Å²) < 4.78 is 0. The van der Waals surface area contributed by atoms with Crippen molar-refractivity contribution in [2.45, 2.75) is 38.5 Å². The number of aliphatic carboxylic acids is 1. The molecule has 22 heavy (non-hydrogen) atoms. The maximum Gasteiger partial charge on any atom is 0.307 e. The zero-order valence-electron chi connectivity index (χ0n) is 12.5. The van der Waals surface area contributed by atoms with E-state index in [9.17, 15) is 14.7 Å². The molecule has 0 heterocycles. The van der Waals surface area contributed by atoms with Crippen molar-refractivity contribution in [1.29, 1.82) is 0 Å². The molecule has 116 valence electrons. The first kappa shape index (κ1) is 14.8. The summed E-state index contributed by atoms with van der Waals surface area (Å²) in [4.78, 5) is 23.9. The van der Waals surface area contributed by atoms with Gasteiger partial charge in [0.05, 0.1) is 11.8 Å². The van der Waals surface area contributed by atoms with Crippen molar-refractivity contribution in [1.82, 2.24) is 0 Å². The van der Waals surface area contributed by atoms with E-state index in [0.29, 0.717) is 12.8 Å². The van der Waals surface area contributed by atoms with Crippen LogP contribution < -0.4 is 5.32 Å². The topological polar surface area (TPSA) is 66.4 Å². The Hall–Kier alpha value is -2.10. The molecule has 0 aliphatic heterocycles. The fourth-order valence-electron chi connectivity index (χ4n) is 3.50. The fraction of sp³-hybridized carbons (Fsp3) is 0.444. The molecule has 0 radical (unpaired) electrons. The molecule has 4 nitrogen and oxygen atoms in total. The van der Waals surface area contributed by atoms with Crippen LogP contribution in [0.25, 0.3) is 0 Å². The van der Waals surface area contributed by atoms with E-state index in [2.05, 4.69) is 11.4 Å². The van der Waals surface area contributed by atoms with Crippen molar-refractivity contribution >= 4 is 17.6 Å². The molecular formula is C18H21NO3. The van der Waals surface area contributed by atoms with E-state index in [4.69, 9.17) is 0 Å². The van der Waals surface area contributed by atoms with Gasteiger partial charge in [-0.05, 0) is 55.7 Å². The smallest absolute Gasteiger partial charge is 0.307 e. The van der Waals surface area contributed by atoms with E-state index in [1.165, 1.54) is 17.5 Å². The van der Waals surface area contributed by atoms with Gasteiger partial charge >= 0.3 is 5.97 Å². The Balaban J connectivity index is 1.79. The number of hydrogen-bond acceptors (Lipinski definition) is 2. The predicted molar refractivity (Wildman–Crippen MR) is 84.7 cm³/mol. The number of fused-ring (bicyclic) bond motifs is 1. The Bertz CT molecular complexity index is 621. The number of amides is 1. The van der Waals surface area contributed by atoms with Crippen LogP contribution in [0.3, 0.4) is 0 Å². The van der Waals surface area contributed by atoms with Gasteiger partial charge in [0.2, 0.25) is 5.91 Å². The lowest BCUT2D eigenvalue weighted by molar-refractivity contribution is -0.146. The summed E-state index contributed by atoms with van der Waals surface area (Å²) in [5.74, 6) is -2.17. The zero-order valence-corrected chi connectivity index (χ0v) is 12.5. The van der Waals surface area contributed by atoms with E-state index < -0.39 is 17.8 Å². The first-order valence-electron chi connectivity index (χ1n) is 7.96. The molecule has 2 N–H and O–H groups in total. The molecule has 0 fully saturated rings. The van der Waals surface area contributed by atoms with Gasteiger partial charge in [0, 0.05) is 5.69 Å². The van der Waals surface area contributed by atoms with E-state index in [-0.39, 0.29) is 5.91 Å². The number of benzene rings is 1. The lowest BCUT2D eigenvalue weighted by Gasteiger charge is -2.26. The summed E-state index contributed by atoms with van der Waals surface area (Å²) in [6, 6.07) is 6.01. The molecule has 3 rings (SSSR count). The first-order chi connectivity index (χ1) is 10.7. The van der Waals surface area contributed by atoms with Crippen LogP contribution in [0.2, 0.25) is 0 Å². The number of aryl methyl sites for hydroxylation is 1. The Morgan fingerprint density at radius 3 is 2.55 bits per heavy atom. The average Bonchev–Trinajstić information content (AvgIpc) is 2.55. The molecule has 4 heteroatoms. The van der Waals surface area contributed by atoms with Crippen molar-refractivity contribution in [3.05, 3.63) is 41.5 Å². The van der Waals surface area contributed by atoms with Crippen LogP contribution in [0.5, 0.6) is 0 Å². The van der Waals surface area contributed by atoms with Gasteiger partial charge in [-0.1, -0.05) is 24.3 Å². The molecule has 0 bridgehead atoms. The summed E-state index contributed by atoms with van der Waals surface area (Å²) in [5.41, 5.74) is 3.39. The molecule has 0 spiro atoms. The van der Waals surface area contributed by atoms with Crippen molar-refractivity contribution in [2.75, 3.05) is 5.32 Å². The number of carboxylic acids is 1. The van der Waals surface area contributed by atoms with Crippen LogP contribution in [0.15, 0.2) is 30.4 Å².